The van der Waals surface area contributed by atoms with Crippen molar-refractivity contribution in [1.82, 2.24) is 9.80 Å². The molecule has 3 rings (SSSR count). The molecule has 0 N–H and O–H groups in total. The molecule has 2 heterocycles. The summed E-state index contributed by atoms with van der Waals surface area (Å²) in [5.74, 6) is -0.976. The van der Waals surface area contributed by atoms with E-state index in [2.05, 4.69) is 0 Å². The molecule has 2 amide bonds. The number of hydrogen-bond acceptors (Lipinski definition) is 2. The van der Waals surface area contributed by atoms with E-state index in [1.165, 1.54) is 18.2 Å². The number of rotatable bonds is 1. The van der Waals surface area contributed by atoms with Gasteiger partial charge in [-0.2, -0.15) is 0 Å². The lowest BCUT2D eigenvalue weighted by Gasteiger charge is -2.30. The van der Waals surface area contributed by atoms with Crippen molar-refractivity contribution in [3.05, 3.63) is 34.6 Å². The first kappa shape index (κ1) is 14.3. The smallest absolute Gasteiger partial charge is 0.258 e. The number of amides is 2. The SMILES string of the molecule is CN1CC[C@@H]2CN(C(=O)c3c(F)cccc3Cl)C[C@@H]2C1=O. The number of benzene rings is 1. The van der Waals surface area contributed by atoms with Crippen LogP contribution < -0.4 is 0 Å². The van der Waals surface area contributed by atoms with Crippen molar-refractivity contribution in [2.24, 2.45) is 11.8 Å². The van der Waals surface area contributed by atoms with Crippen molar-refractivity contribution in [3.8, 4) is 0 Å². The van der Waals surface area contributed by atoms with Crippen molar-refractivity contribution in [1.29, 1.82) is 0 Å². The van der Waals surface area contributed by atoms with E-state index in [4.69, 9.17) is 11.6 Å². The molecule has 2 saturated heterocycles. The summed E-state index contributed by atoms with van der Waals surface area (Å²) in [6.07, 6.45) is 0.877. The number of carbonyl (C=O) groups is 2. The van der Waals surface area contributed by atoms with E-state index in [9.17, 15) is 14.0 Å². The second-order valence-electron chi connectivity index (χ2n) is 5.72. The Hall–Kier alpha value is -1.62. The van der Waals surface area contributed by atoms with Gasteiger partial charge in [0.25, 0.3) is 5.91 Å². The topological polar surface area (TPSA) is 40.6 Å². The first-order valence-electron chi connectivity index (χ1n) is 6.97. The zero-order valence-corrected chi connectivity index (χ0v) is 12.4. The van der Waals surface area contributed by atoms with E-state index < -0.39 is 11.7 Å². The molecule has 2 aliphatic rings. The third-order valence-electron chi connectivity index (χ3n) is 4.43. The Morgan fingerprint density at radius 2 is 2.14 bits per heavy atom. The Bertz CT molecular complexity index is 587. The Morgan fingerprint density at radius 1 is 1.38 bits per heavy atom. The zero-order valence-electron chi connectivity index (χ0n) is 11.7. The average Bonchev–Trinajstić information content (AvgIpc) is 2.87. The molecule has 2 fully saturated rings. The minimum Gasteiger partial charge on any atom is -0.345 e. The molecule has 1 aromatic rings. The standard InChI is InChI=1S/C15H16ClFN2O2/c1-18-6-5-9-7-19(8-10(9)14(18)20)15(21)13-11(16)3-2-4-12(13)17/h2-4,9-10H,5-8H2,1H3/t9-,10+/m1/s1. The molecule has 2 atom stereocenters. The molecule has 0 saturated carbocycles. The lowest BCUT2D eigenvalue weighted by Crippen LogP contribution is -2.42. The van der Waals surface area contributed by atoms with Crippen molar-refractivity contribution in [2.45, 2.75) is 6.42 Å². The Balaban J connectivity index is 1.83. The minimum atomic E-state index is -0.620. The van der Waals surface area contributed by atoms with Crippen LogP contribution in [-0.2, 0) is 4.79 Å². The molecule has 2 aliphatic heterocycles. The summed E-state index contributed by atoms with van der Waals surface area (Å²) in [6.45, 7) is 1.55. The van der Waals surface area contributed by atoms with Gasteiger partial charge < -0.3 is 9.80 Å². The highest BCUT2D eigenvalue weighted by molar-refractivity contribution is 6.33. The van der Waals surface area contributed by atoms with Gasteiger partial charge in [-0.15, -0.1) is 0 Å². The summed E-state index contributed by atoms with van der Waals surface area (Å²) < 4.78 is 13.9. The van der Waals surface area contributed by atoms with E-state index in [-0.39, 0.29) is 28.3 Å². The second kappa shape index (κ2) is 5.30. The normalized spacial score (nSPS) is 25.2. The van der Waals surface area contributed by atoms with Gasteiger partial charge in [0, 0.05) is 26.7 Å². The molecule has 4 nitrogen and oxygen atoms in total. The van der Waals surface area contributed by atoms with Gasteiger partial charge in [0.1, 0.15) is 5.82 Å². The van der Waals surface area contributed by atoms with Gasteiger partial charge in [-0.1, -0.05) is 17.7 Å². The number of piperidine rings is 1. The maximum Gasteiger partial charge on any atom is 0.258 e. The van der Waals surface area contributed by atoms with Crippen LogP contribution in [0.1, 0.15) is 16.8 Å². The number of hydrogen-bond donors (Lipinski definition) is 0. The second-order valence-corrected chi connectivity index (χ2v) is 6.13. The molecule has 0 aliphatic carbocycles. The predicted molar refractivity (Wildman–Crippen MR) is 76.5 cm³/mol. The summed E-state index contributed by atoms with van der Waals surface area (Å²) in [7, 11) is 1.77. The van der Waals surface area contributed by atoms with E-state index in [0.29, 0.717) is 19.6 Å². The molecule has 0 radical (unpaired) electrons. The maximum atomic E-state index is 13.9. The van der Waals surface area contributed by atoms with Crippen LogP contribution >= 0.6 is 11.6 Å². The monoisotopic (exact) mass is 310 g/mol. The third kappa shape index (κ3) is 2.39. The average molecular weight is 311 g/mol. The van der Waals surface area contributed by atoms with Crippen LogP contribution in [0.3, 0.4) is 0 Å². The quantitative estimate of drug-likeness (QED) is 0.796. The van der Waals surface area contributed by atoms with Crippen LogP contribution in [0.2, 0.25) is 5.02 Å². The molecule has 0 unspecified atom stereocenters. The van der Waals surface area contributed by atoms with Crippen LogP contribution in [0.4, 0.5) is 4.39 Å². The van der Waals surface area contributed by atoms with Gasteiger partial charge in [0.05, 0.1) is 16.5 Å². The molecule has 0 spiro atoms. The van der Waals surface area contributed by atoms with E-state index in [1.54, 1.807) is 16.8 Å². The highest BCUT2D eigenvalue weighted by Crippen LogP contribution is 2.33. The van der Waals surface area contributed by atoms with Crippen LogP contribution in [0.15, 0.2) is 18.2 Å². The lowest BCUT2D eigenvalue weighted by atomic mass is 9.88. The number of nitrogens with zero attached hydrogens (tertiary/aromatic N) is 2. The molecular weight excluding hydrogens is 295 g/mol. The van der Waals surface area contributed by atoms with Gasteiger partial charge in [0.2, 0.25) is 5.91 Å². The molecule has 6 heteroatoms. The lowest BCUT2D eigenvalue weighted by molar-refractivity contribution is -0.137. The van der Waals surface area contributed by atoms with Gasteiger partial charge in [0.15, 0.2) is 0 Å². The Kier molecular flexibility index (Phi) is 3.61. The summed E-state index contributed by atoms with van der Waals surface area (Å²) in [4.78, 5) is 27.9. The summed E-state index contributed by atoms with van der Waals surface area (Å²) >= 11 is 5.94. The van der Waals surface area contributed by atoms with Crippen molar-refractivity contribution < 1.29 is 14.0 Å². The molecule has 0 bridgehead atoms. The molecule has 1 aromatic carbocycles. The van der Waals surface area contributed by atoms with Crippen molar-refractivity contribution in [2.75, 3.05) is 26.7 Å². The number of fused-ring (bicyclic) bond motifs is 1. The van der Waals surface area contributed by atoms with Crippen LogP contribution in [0.5, 0.6) is 0 Å². The fourth-order valence-electron chi connectivity index (χ4n) is 3.22. The van der Waals surface area contributed by atoms with Crippen LogP contribution in [-0.4, -0.2) is 48.3 Å². The van der Waals surface area contributed by atoms with E-state index in [1.807, 2.05) is 0 Å². The first-order chi connectivity index (χ1) is 9.99. The highest BCUT2D eigenvalue weighted by atomic mass is 35.5. The van der Waals surface area contributed by atoms with Gasteiger partial charge in [-0.05, 0) is 24.5 Å². The van der Waals surface area contributed by atoms with Crippen molar-refractivity contribution in [3.63, 3.8) is 0 Å². The number of carbonyl (C=O) groups excluding carboxylic acids is 2. The largest absolute Gasteiger partial charge is 0.345 e. The summed E-state index contributed by atoms with van der Waals surface area (Å²) in [6, 6.07) is 4.19. The first-order valence-corrected chi connectivity index (χ1v) is 7.35. The Morgan fingerprint density at radius 3 is 2.86 bits per heavy atom. The summed E-state index contributed by atoms with van der Waals surface area (Å²) in [5, 5.41) is 0.110. The van der Waals surface area contributed by atoms with Crippen LogP contribution in [0, 0.1) is 17.7 Å². The Labute approximate surface area is 127 Å². The van der Waals surface area contributed by atoms with E-state index in [0.717, 1.165) is 6.42 Å². The summed E-state index contributed by atoms with van der Waals surface area (Å²) in [5.41, 5.74) is -0.0985. The number of halogens is 2. The van der Waals surface area contributed by atoms with Crippen molar-refractivity contribution >= 4 is 23.4 Å². The van der Waals surface area contributed by atoms with Gasteiger partial charge >= 0.3 is 0 Å². The fourth-order valence-corrected chi connectivity index (χ4v) is 3.47. The van der Waals surface area contributed by atoms with E-state index >= 15 is 0 Å². The molecule has 0 aromatic heterocycles. The molecule has 112 valence electrons. The third-order valence-corrected chi connectivity index (χ3v) is 4.75. The molecular formula is C15H16ClFN2O2. The molecule has 21 heavy (non-hydrogen) atoms. The predicted octanol–water partition coefficient (Wildman–Crippen LogP) is 2.03. The highest BCUT2D eigenvalue weighted by Gasteiger charge is 2.43. The fraction of sp³-hybridized carbons (Fsp3) is 0.467. The zero-order chi connectivity index (χ0) is 15.1. The van der Waals surface area contributed by atoms with Crippen LogP contribution in [0.25, 0.3) is 0 Å². The number of likely N-dealkylation sites (tertiary alicyclic amines) is 2. The van der Waals surface area contributed by atoms with Gasteiger partial charge in [-0.25, -0.2) is 4.39 Å². The van der Waals surface area contributed by atoms with Gasteiger partial charge in [-0.3, -0.25) is 9.59 Å². The maximum absolute atomic E-state index is 13.9. The minimum absolute atomic E-state index is 0.0705.